The van der Waals surface area contributed by atoms with Crippen LogP contribution in [0.1, 0.15) is 57.3 Å². The number of anilines is 1. The molecule has 0 spiro atoms. The quantitative estimate of drug-likeness (QED) is 0.808. The van der Waals surface area contributed by atoms with Crippen molar-refractivity contribution in [3.63, 3.8) is 0 Å². The first-order valence-corrected chi connectivity index (χ1v) is 7.16. The Morgan fingerprint density at radius 3 is 2.56 bits per heavy atom. The molecule has 1 aliphatic rings. The molecule has 0 amide bonds. The van der Waals surface area contributed by atoms with E-state index in [0.717, 1.165) is 5.69 Å². The van der Waals surface area contributed by atoms with Crippen LogP contribution in [0.15, 0.2) is 0 Å². The minimum Gasteiger partial charge on any atom is -0.379 e. The molecule has 18 heavy (non-hydrogen) atoms. The highest BCUT2D eigenvalue weighted by molar-refractivity contribution is 5.52. The third kappa shape index (κ3) is 2.88. The zero-order valence-corrected chi connectivity index (χ0v) is 12.5. The number of rotatable bonds is 2. The smallest absolute Gasteiger partial charge is 0.0827 e. The number of nitrogens with zero attached hydrogens (tertiary/aromatic N) is 2. The fourth-order valence-electron chi connectivity index (χ4n) is 2.99. The highest BCUT2D eigenvalue weighted by atomic mass is 15.3. The van der Waals surface area contributed by atoms with Gasteiger partial charge in [0.1, 0.15) is 0 Å². The Morgan fingerprint density at radius 1 is 1.22 bits per heavy atom. The van der Waals surface area contributed by atoms with Crippen molar-refractivity contribution >= 4 is 5.69 Å². The predicted molar refractivity (Wildman–Crippen MR) is 77.0 cm³/mol. The van der Waals surface area contributed by atoms with Crippen LogP contribution < -0.4 is 5.32 Å². The Bertz CT molecular complexity index is 418. The number of hydrogen-bond acceptors (Lipinski definition) is 2. The minimum atomic E-state index is 0.523. The summed E-state index contributed by atoms with van der Waals surface area (Å²) in [5.74, 6) is 0. The van der Waals surface area contributed by atoms with Gasteiger partial charge in [0.05, 0.1) is 17.1 Å². The van der Waals surface area contributed by atoms with Gasteiger partial charge < -0.3 is 5.32 Å². The van der Waals surface area contributed by atoms with Crippen LogP contribution in [-0.4, -0.2) is 15.8 Å². The van der Waals surface area contributed by atoms with Crippen molar-refractivity contribution in [2.24, 2.45) is 12.5 Å². The monoisotopic (exact) mass is 249 g/mol. The van der Waals surface area contributed by atoms with Gasteiger partial charge in [-0.2, -0.15) is 5.10 Å². The van der Waals surface area contributed by atoms with E-state index in [1.165, 1.54) is 43.5 Å². The maximum atomic E-state index is 4.48. The molecule has 1 aromatic rings. The largest absolute Gasteiger partial charge is 0.379 e. The van der Waals surface area contributed by atoms with E-state index in [0.29, 0.717) is 11.5 Å². The van der Waals surface area contributed by atoms with Gasteiger partial charge in [-0.15, -0.1) is 0 Å². The van der Waals surface area contributed by atoms with Crippen LogP contribution in [0.5, 0.6) is 0 Å². The zero-order valence-electron chi connectivity index (χ0n) is 12.5. The van der Waals surface area contributed by atoms with Crippen molar-refractivity contribution < 1.29 is 0 Å². The highest BCUT2D eigenvalue weighted by Gasteiger charge is 2.25. The molecule has 1 aliphatic carbocycles. The summed E-state index contributed by atoms with van der Waals surface area (Å²) in [6.45, 7) is 9.03. The average Bonchev–Trinajstić information content (AvgIpc) is 2.46. The molecule has 3 nitrogen and oxygen atoms in total. The van der Waals surface area contributed by atoms with Crippen molar-refractivity contribution in [3.05, 3.63) is 11.4 Å². The average molecular weight is 249 g/mol. The first kappa shape index (κ1) is 13.4. The SMILES string of the molecule is Cc1nn(C)c(C)c1NC1CCCC(C)(C)CC1. The Labute approximate surface area is 111 Å². The van der Waals surface area contributed by atoms with Crippen molar-refractivity contribution in [3.8, 4) is 0 Å². The first-order valence-electron chi connectivity index (χ1n) is 7.16. The van der Waals surface area contributed by atoms with Crippen LogP contribution in [0.3, 0.4) is 0 Å². The second-order valence-corrected chi connectivity index (χ2v) is 6.61. The number of hydrogen-bond donors (Lipinski definition) is 1. The Kier molecular flexibility index (Phi) is 3.69. The summed E-state index contributed by atoms with van der Waals surface area (Å²) in [5, 5.41) is 8.21. The molecular weight excluding hydrogens is 222 g/mol. The van der Waals surface area contributed by atoms with Gasteiger partial charge in [-0.25, -0.2) is 0 Å². The van der Waals surface area contributed by atoms with E-state index in [4.69, 9.17) is 0 Å². The third-order valence-electron chi connectivity index (χ3n) is 4.43. The molecule has 0 aromatic carbocycles. The van der Waals surface area contributed by atoms with Crippen molar-refractivity contribution in [1.82, 2.24) is 9.78 Å². The van der Waals surface area contributed by atoms with Gasteiger partial charge in [-0.3, -0.25) is 4.68 Å². The molecule has 2 rings (SSSR count). The summed E-state index contributed by atoms with van der Waals surface area (Å²) in [6.07, 6.45) is 6.58. The van der Waals surface area contributed by atoms with Gasteiger partial charge in [-0.05, 0) is 44.9 Å². The van der Waals surface area contributed by atoms with Crippen LogP contribution in [-0.2, 0) is 7.05 Å². The minimum absolute atomic E-state index is 0.523. The molecular formula is C15H27N3. The van der Waals surface area contributed by atoms with Gasteiger partial charge >= 0.3 is 0 Å². The molecule has 102 valence electrons. The van der Waals surface area contributed by atoms with Crippen LogP contribution in [0.4, 0.5) is 5.69 Å². The fraction of sp³-hybridized carbons (Fsp3) is 0.800. The van der Waals surface area contributed by atoms with Gasteiger partial charge in [0, 0.05) is 13.1 Å². The summed E-state index contributed by atoms with van der Waals surface area (Å²) in [4.78, 5) is 0. The molecule has 0 saturated heterocycles. The van der Waals surface area contributed by atoms with E-state index in [1.54, 1.807) is 0 Å². The number of aryl methyl sites for hydroxylation is 2. The molecule has 1 fully saturated rings. The predicted octanol–water partition coefficient (Wildman–Crippen LogP) is 3.81. The maximum Gasteiger partial charge on any atom is 0.0827 e. The molecule has 1 N–H and O–H groups in total. The molecule has 1 unspecified atom stereocenters. The van der Waals surface area contributed by atoms with Crippen molar-refractivity contribution in [2.45, 2.75) is 65.8 Å². The summed E-state index contributed by atoms with van der Waals surface area (Å²) in [6, 6.07) is 0.619. The zero-order chi connectivity index (χ0) is 13.3. The lowest BCUT2D eigenvalue weighted by atomic mass is 9.85. The second-order valence-electron chi connectivity index (χ2n) is 6.61. The molecule has 1 atom stereocenters. The summed E-state index contributed by atoms with van der Waals surface area (Å²) >= 11 is 0. The Hall–Kier alpha value is -0.990. The first-order chi connectivity index (χ1) is 8.39. The normalized spacial score (nSPS) is 23.7. The maximum absolute atomic E-state index is 4.48. The van der Waals surface area contributed by atoms with Gasteiger partial charge in [-0.1, -0.05) is 20.3 Å². The lowest BCUT2D eigenvalue weighted by Crippen LogP contribution is -2.20. The standard InChI is InChI=1S/C15H27N3/c1-11-14(12(2)18(5)17-11)16-13-7-6-9-15(3,4)10-8-13/h13,16H,6-10H2,1-5H3. The van der Waals surface area contributed by atoms with Crippen LogP contribution in [0.2, 0.25) is 0 Å². The lowest BCUT2D eigenvalue weighted by Gasteiger charge is -2.22. The topological polar surface area (TPSA) is 29.9 Å². The van der Waals surface area contributed by atoms with Gasteiger partial charge in [0.15, 0.2) is 0 Å². The van der Waals surface area contributed by atoms with Gasteiger partial charge in [0.25, 0.3) is 0 Å². The second kappa shape index (κ2) is 4.94. The highest BCUT2D eigenvalue weighted by Crippen LogP contribution is 2.35. The molecule has 1 aromatic heterocycles. The number of nitrogens with one attached hydrogen (secondary N) is 1. The molecule has 1 saturated carbocycles. The van der Waals surface area contributed by atoms with Crippen LogP contribution in [0.25, 0.3) is 0 Å². The summed E-state index contributed by atoms with van der Waals surface area (Å²) in [5.41, 5.74) is 4.15. The molecule has 3 heteroatoms. The van der Waals surface area contributed by atoms with E-state index >= 15 is 0 Å². The van der Waals surface area contributed by atoms with E-state index in [1.807, 2.05) is 11.7 Å². The van der Waals surface area contributed by atoms with Crippen molar-refractivity contribution in [1.29, 1.82) is 0 Å². The van der Waals surface area contributed by atoms with E-state index < -0.39 is 0 Å². The van der Waals surface area contributed by atoms with Crippen molar-refractivity contribution in [2.75, 3.05) is 5.32 Å². The Morgan fingerprint density at radius 2 is 1.94 bits per heavy atom. The summed E-state index contributed by atoms with van der Waals surface area (Å²) in [7, 11) is 2.02. The molecule has 1 heterocycles. The molecule has 0 radical (unpaired) electrons. The lowest BCUT2D eigenvalue weighted by molar-refractivity contribution is 0.313. The van der Waals surface area contributed by atoms with Crippen LogP contribution in [0, 0.1) is 19.3 Å². The van der Waals surface area contributed by atoms with Gasteiger partial charge in [0.2, 0.25) is 0 Å². The number of aromatic nitrogens is 2. The molecule has 0 bridgehead atoms. The van der Waals surface area contributed by atoms with E-state index in [-0.39, 0.29) is 0 Å². The Balaban J connectivity index is 2.05. The molecule has 0 aliphatic heterocycles. The fourth-order valence-corrected chi connectivity index (χ4v) is 2.99. The van der Waals surface area contributed by atoms with Crippen LogP contribution >= 0.6 is 0 Å². The third-order valence-corrected chi connectivity index (χ3v) is 4.43. The summed E-state index contributed by atoms with van der Waals surface area (Å²) < 4.78 is 1.97. The van der Waals surface area contributed by atoms with E-state index in [9.17, 15) is 0 Å². The van der Waals surface area contributed by atoms with E-state index in [2.05, 4.69) is 38.1 Å².